The van der Waals surface area contributed by atoms with E-state index < -0.39 is 17.5 Å². The van der Waals surface area contributed by atoms with Gasteiger partial charge in [-0.2, -0.15) is 5.01 Å². The fraction of sp³-hybridized carbons (Fsp3) is 0.250. The van der Waals surface area contributed by atoms with Crippen molar-refractivity contribution in [3.63, 3.8) is 0 Å². The molecule has 7 nitrogen and oxygen atoms in total. The Balaban J connectivity index is 1.77. The number of rotatable bonds is 4. The third kappa shape index (κ3) is 3.77. The Bertz CT molecular complexity index is 942. The lowest BCUT2D eigenvalue weighted by molar-refractivity contribution is -0.132. The molecular weight excluding hydrogens is 376 g/mol. The van der Waals surface area contributed by atoms with Gasteiger partial charge in [0, 0.05) is 5.69 Å². The fourth-order valence-corrected chi connectivity index (χ4v) is 3.39. The fourth-order valence-electron chi connectivity index (χ4n) is 3.18. The molecule has 2 aromatic carbocycles. The van der Waals surface area contributed by atoms with Crippen LogP contribution in [-0.2, 0) is 10.3 Å². The van der Waals surface area contributed by atoms with Gasteiger partial charge in [0.15, 0.2) is 5.11 Å². The molecule has 1 fully saturated rings. The van der Waals surface area contributed by atoms with E-state index in [0.717, 1.165) is 21.8 Å². The van der Waals surface area contributed by atoms with Crippen molar-refractivity contribution in [1.82, 2.24) is 15.8 Å². The summed E-state index contributed by atoms with van der Waals surface area (Å²) in [6.45, 7) is 5.60. The zero-order valence-corrected chi connectivity index (χ0v) is 16.9. The molecule has 8 heteroatoms. The number of hydrazine groups is 1. The Kier molecular flexibility index (Phi) is 5.24. The molecule has 3 amide bonds. The predicted octanol–water partition coefficient (Wildman–Crippen LogP) is 2.98. The molecule has 1 aliphatic rings. The molecule has 1 atom stereocenters. The first-order valence-corrected chi connectivity index (χ1v) is 9.11. The maximum Gasteiger partial charge on any atom is 0.344 e. The minimum absolute atomic E-state index is 0.142. The average Bonchev–Trinajstić information content (AvgIpc) is 2.85. The second-order valence-corrected chi connectivity index (χ2v) is 7.28. The van der Waals surface area contributed by atoms with Crippen LogP contribution < -0.4 is 20.8 Å². The number of hydrogen-bond acceptors (Lipinski definition) is 4. The molecule has 3 N–H and O–H groups in total. The first-order valence-electron chi connectivity index (χ1n) is 8.70. The summed E-state index contributed by atoms with van der Waals surface area (Å²) in [5.41, 5.74) is 4.99. The zero-order chi connectivity index (χ0) is 20.5. The molecule has 0 aliphatic carbocycles. The molecule has 0 aromatic heterocycles. The minimum Gasteiger partial charge on any atom is -0.497 e. The standard InChI is InChI=1S/C20H22N4O3S/c1-12-8-13(2)10-15(9-12)21-18(28)23-24-17(25)20(3,22-19(24)26)14-6-5-7-16(11-14)27-4/h5-11H,1-4H3,(H,22,26)(H2,21,23,28)/t20-/m1/s1. The molecule has 3 rings (SSSR count). The number of anilines is 1. The number of amides is 3. The van der Waals surface area contributed by atoms with Crippen molar-refractivity contribution in [2.75, 3.05) is 12.4 Å². The Morgan fingerprint density at radius 1 is 1.14 bits per heavy atom. The predicted molar refractivity (Wildman–Crippen MR) is 111 cm³/mol. The molecule has 146 valence electrons. The van der Waals surface area contributed by atoms with E-state index in [1.165, 1.54) is 0 Å². The molecule has 0 unspecified atom stereocenters. The van der Waals surface area contributed by atoms with Crippen molar-refractivity contribution in [2.24, 2.45) is 0 Å². The number of carbonyl (C=O) groups excluding carboxylic acids is 2. The van der Waals surface area contributed by atoms with Crippen LogP contribution in [0.2, 0.25) is 0 Å². The first-order chi connectivity index (χ1) is 13.2. The van der Waals surface area contributed by atoms with Gasteiger partial charge in [0.05, 0.1) is 7.11 Å². The summed E-state index contributed by atoms with van der Waals surface area (Å²) in [7, 11) is 1.54. The maximum atomic E-state index is 13.0. The van der Waals surface area contributed by atoms with Crippen LogP contribution in [0.1, 0.15) is 23.6 Å². The van der Waals surface area contributed by atoms with E-state index in [1.54, 1.807) is 38.3 Å². The number of nitrogens with zero attached hydrogens (tertiary/aromatic N) is 1. The van der Waals surface area contributed by atoms with Gasteiger partial charge in [0.2, 0.25) is 0 Å². The molecule has 1 heterocycles. The molecule has 0 saturated carbocycles. The highest BCUT2D eigenvalue weighted by Gasteiger charge is 2.50. The van der Waals surface area contributed by atoms with Gasteiger partial charge in [-0.15, -0.1) is 0 Å². The van der Waals surface area contributed by atoms with E-state index in [9.17, 15) is 9.59 Å². The van der Waals surface area contributed by atoms with Gasteiger partial charge < -0.3 is 15.4 Å². The second kappa shape index (κ2) is 7.47. The van der Waals surface area contributed by atoms with Crippen LogP contribution in [0.5, 0.6) is 5.75 Å². The van der Waals surface area contributed by atoms with Crippen LogP contribution in [0.4, 0.5) is 10.5 Å². The summed E-state index contributed by atoms with van der Waals surface area (Å²) in [4.78, 5) is 25.4. The number of imide groups is 1. The number of urea groups is 1. The largest absolute Gasteiger partial charge is 0.497 e. The number of carbonyl (C=O) groups is 2. The monoisotopic (exact) mass is 398 g/mol. The number of methoxy groups -OCH3 is 1. The summed E-state index contributed by atoms with van der Waals surface area (Å²) >= 11 is 5.28. The van der Waals surface area contributed by atoms with Crippen LogP contribution in [0.15, 0.2) is 42.5 Å². The van der Waals surface area contributed by atoms with Crippen molar-refractivity contribution in [3.05, 3.63) is 59.2 Å². The first kappa shape index (κ1) is 19.6. The molecule has 0 radical (unpaired) electrons. The van der Waals surface area contributed by atoms with E-state index in [1.807, 2.05) is 32.0 Å². The molecular formula is C20H22N4O3S. The SMILES string of the molecule is COc1cccc([C@@]2(C)NC(=O)N(NC(=S)Nc3cc(C)cc(C)c3)C2=O)c1. The number of nitrogens with one attached hydrogen (secondary N) is 3. The van der Waals surface area contributed by atoms with Crippen LogP contribution in [-0.4, -0.2) is 29.2 Å². The van der Waals surface area contributed by atoms with Crippen molar-refractivity contribution < 1.29 is 14.3 Å². The minimum atomic E-state index is -1.23. The summed E-state index contributed by atoms with van der Waals surface area (Å²) in [5.74, 6) is 0.134. The van der Waals surface area contributed by atoms with Crippen LogP contribution in [0.25, 0.3) is 0 Å². The van der Waals surface area contributed by atoms with E-state index in [0.29, 0.717) is 11.3 Å². The normalized spacial score (nSPS) is 18.6. The summed E-state index contributed by atoms with van der Waals surface area (Å²) in [6.07, 6.45) is 0. The van der Waals surface area contributed by atoms with Crippen LogP contribution in [0.3, 0.4) is 0 Å². The lowest BCUT2D eigenvalue weighted by Crippen LogP contribution is -2.49. The van der Waals surface area contributed by atoms with Gasteiger partial charge in [-0.25, -0.2) is 4.79 Å². The van der Waals surface area contributed by atoms with Crippen molar-refractivity contribution in [2.45, 2.75) is 26.3 Å². The number of ether oxygens (including phenoxy) is 1. The van der Waals surface area contributed by atoms with Gasteiger partial charge >= 0.3 is 6.03 Å². The van der Waals surface area contributed by atoms with Crippen molar-refractivity contribution in [1.29, 1.82) is 0 Å². The molecule has 2 aromatic rings. The van der Waals surface area contributed by atoms with Crippen LogP contribution >= 0.6 is 12.2 Å². The highest BCUT2D eigenvalue weighted by Crippen LogP contribution is 2.30. The van der Waals surface area contributed by atoms with Gasteiger partial charge in [-0.05, 0) is 73.9 Å². The molecule has 0 spiro atoms. The lowest BCUT2D eigenvalue weighted by atomic mass is 9.92. The van der Waals surface area contributed by atoms with Gasteiger partial charge in [0.25, 0.3) is 5.91 Å². The third-order valence-corrected chi connectivity index (χ3v) is 4.72. The summed E-state index contributed by atoms with van der Waals surface area (Å²) in [5, 5.41) is 6.75. The molecule has 0 bridgehead atoms. The van der Waals surface area contributed by atoms with Gasteiger partial charge in [-0.3, -0.25) is 10.2 Å². The van der Waals surface area contributed by atoms with Crippen molar-refractivity contribution in [3.8, 4) is 5.75 Å². The Morgan fingerprint density at radius 2 is 1.82 bits per heavy atom. The lowest BCUT2D eigenvalue weighted by Gasteiger charge is -2.23. The van der Waals surface area contributed by atoms with E-state index >= 15 is 0 Å². The van der Waals surface area contributed by atoms with E-state index in [2.05, 4.69) is 16.1 Å². The van der Waals surface area contributed by atoms with E-state index in [4.69, 9.17) is 17.0 Å². The maximum absolute atomic E-state index is 13.0. The molecule has 1 saturated heterocycles. The summed E-state index contributed by atoms with van der Waals surface area (Å²) in [6, 6.07) is 12.3. The smallest absolute Gasteiger partial charge is 0.344 e. The second-order valence-electron chi connectivity index (χ2n) is 6.87. The quantitative estimate of drug-likeness (QED) is 0.543. The number of aryl methyl sites for hydroxylation is 2. The van der Waals surface area contributed by atoms with Crippen LogP contribution in [0, 0.1) is 13.8 Å². The summed E-state index contributed by atoms with van der Waals surface area (Å²) < 4.78 is 5.21. The third-order valence-electron chi connectivity index (χ3n) is 4.53. The van der Waals surface area contributed by atoms with Gasteiger partial charge in [-0.1, -0.05) is 18.2 Å². The number of thiocarbonyl (C=S) groups is 1. The highest BCUT2D eigenvalue weighted by molar-refractivity contribution is 7.80. The topological polar surface area (TPSA) is 82.7 Å². The Morgan fingerprint density at radius 3 is 2.46 bits per heavy atom. The number of benzene rings is 2. The number of hydrogen-bond donors (Lipinski definition) is 3. The van der Waals surface area contributed by atoms with E-state index in [-0.39, 0.29) is 5.11 Å². The average molecular weight is 398 g/mol. The molecule has 1 aliphatic heterocycles. The Labute approximate surface area is 169 Å². The Hall–Kier alpha value is -3.13. The molecule has 28 heavy (non-hydrogen) atoms. The van der Waals surface area contributed by atoms with Crippen molar-refractivity contribution >= 4 is 35.0 Å². The highest BCUT2D eigenvalue weighted by atomic mass is 32.1. The van der Waals surface area contributed by atoms with Gasteiger partial charge in [0.1, 0.15) is 11.3 Å². The zero-order valence-electron chi connectivity index (χ0n) is 16.1.